The van der Waals surface area contributed by atoms with Gasteiger partial charge in [-0.3, -0.25) is 9.59 Å². The smallest absolute Gasteiger partial charge is 0.254 e. The molecule has 1 aromatic carbocycles. The molecule has 4 nitrogen and oxygen atoms in total. The Morgan fingerprint density at radius 3 is 2.46 bits per heavy atom. The third kappa shape index (κ3) is 3.04. The first-order valence-corrected chi connectivity index (χ1v) is 10.2. The van der Waals surface area contributed by atoms with Crippen molar-refractivity contribution >= 4 is 11.8 Å². The maximum atomic E-state index is 13.5. The largest absolute Gasteiger partial charge is 0.353 e. The van der Waals surface area contributed by atoms with Gasteiger partial charge in [-0.2, -0.15) is 0 Å². The second-order valence-electron chi connectivity index (χ2n) is 8.28. The van der Waals surface area contributed by atoms with Gasteiger partial charge in [-0.05, 0) is 51.7 Å². The van der Waals surface area contributed by atoms with Crippen molar-refractivity contribution in [2.75, 3.05) is 0 Å². The van der Waals surface area contributed by atoms with E-state index in [1.54, 1.807) is 0 Å². The third-order valence-electron chi connectivity index (χ3n) is 6.18. The summed E-state index contributed by atoms with van der Waals surface area (Å²) in [6.45, 7) is 8.24. The van der Waals surface area contributed by atoms with Crippen molar-refractivity contribution in [3.05, 3.63) is 35.4 Å². The molecule has 1 aliphatic heterocycles. The number of nitrogens with one attached hydrogen (secondary N) is 1. The monoisotopic (exact) mass is 356 g/mol. The van der Waals surface area contributed by atoms with Crippen LogP contribution >= 0.6 is 0 Å². The summed E-state index contributed by atoms with van der Waals surface area (Å²) < 4.78 is 0. The standard InChI is InChI=1S/C22H32N2O2/c1-5-16(4)24-21(26)18-12-8-7-11-17(18)19(20(25)23-15(2)3)22(24)13-9-6-10-14-22/h7-8,11-12,15-16,19H,5-6,9-10,13-14H2,1-4H3,(H,23,25)/t16-,19+/m0/s1. The maximum Gasteiger partial charge on any atom is 0.254 e. The van der Waals surface area contributed by atoms with Crippen LogP contribution in [0.4, 0.5) is 0 Å². The fourth-order valence-corrected chi connectivity index (χ4v) is 4.97. The molecule has 2 amide bonds. The van der Waals surface area contributed by atoms with Gasteiger partial charge in [0.05, 0.1) is 11.5 Å². The van der Waals surface area contributed by atoms with Gasteiger partial charge in [0.2, 0.25) is 5.91 Å². The van der Waals surface area contributed by atoms with Gasteiger partial charge in [-0.1, -0.05) is 44.4 Å². The Balaban J connectivity index is 2.19. The molecular weight excluding hydrogens is 324 g/mol. The zero-order valence-electron chi connectivity index (χ0n) is 16.5. The first-order chi connectivity index (χ1) is 12.4. The molecule has 1 aliphatic carbocycles. The number of hydrogen-bond acceptors (Lipinski definition) is 2. The van der Waals surface area contributed by atoms with E-state index in [1.165, 1.54) is 6.42 Å². The molecule has 3 rings (SSSR count). The van der Waals surface area contributed by atoms with Crippen LogP contribution in [0.25, 0.3) is 0 Å². The predicted octanol–water partition coefficient (Wildman–Crippen LogP) is 4.25. The predicted molar refractivity (Wildman–Crippen MR) is 104 cm³/mol. The average Bonchev–Trinajstić information content (AvgIpc) is 2.61. The first-order valence-electron chi connectivity index (χ1n) is 10.2. The van der Waals surface area contributed by atoms with Crippen LogP contribution in [0.1, 0.15) is 88.1 Å². The highest BCUT2D eigenvalue weighted by molar-refractivity contribution is 6.02. The molecule has 1 saturated carbocycles. The molecule has 1 N–H and O–H groups in total. The number of carbonyl (C=O) groups is 2. The minimum Gasteiger partial charge on any atom is -0.353 e. The third-order valence-corrected chi connectivity index (χ3v) is 6.18. The second kappa shape index (κ2) is 7.42. The van der Waals surface area contributed by atoms with Crippen molar-refractivity contribution in [2.45, 2.75) is 89.8 Å². The van der Waals surface area contributed by atoms with Gasteiger partial charge in [0, 0.05) is 17.6 Å². The van der Waals surface area contributed by atoms with Gasteiger partial charge >= 0.3 is 0 Å². The lowest BCUT2D eigenvalue weighted by molar-refractivity contribution is -0.128. The number of carbonyl (C=O) groups excluding carboxylic acids is 2. The molecule has 1 spiro atoms. The van der Waals surface area contributed by atoms with E-state index in [0.717, 1.165) is 37.7 Å². The van der Waals surface area contributed by atoms with Crippen LogP contribution in [0, 0.1) is 0 Å². The Kier molecular flexibility index (Phi) is 5.40. The van der Waals surface area contributed by atoms with Crippen LogP contribution in [-0.4, -0.2) is 34.3 Å². The molecule has 1 fully saturated rings. The summed E-state index contributed by atoms with van der Waals surface area (Å²) in [5.74, 6) is -0.117. The van der Waals surface area contributed by atoms with Crippen LogP contribution in [0.5, 0.6) is 0 Å². The van der Waals surface area contributed by atoms with E-state index in [2.05, 4.69) is 24.1 Å². The van der Waals surface area contributed by atoms with E-state index >= 15 is 0 Å². The second-order valence-corrected chi connectivity index (χ2v) is 8.28. The molecule has 1 aromatic rings. The zero-order valence-corrected chi connectivity index (χ0v) is 16.5. The van der Waals surface area contributed by atoms with Crippen LogP contribution in [0.3, 0.4) is 0 Å². The van der Waals surface area contributed by atoms with Crippen molar-refractivity contribution < 1.29 is 9.59 Å². The molecule has 0 saturated heterocycles. The molecule has 0 aromatic heterocycles. The Morgan fingerprint density at radius 2 is 1.85 bits per heavy atom. The Bertz CT molecular complexity index is 676. The SMILES string of the molecule is CC[C@H](C)N1C(=O)c2ccccc2[C@H](C(=O)NC(C)C)C12CCCCC2. The molecule has 4 heteroatoms. The Hall–Kier alpha value is -1.84. The molecule has 0 bridgehead atoms. The van der Waals surface area contributed by atoms with Gasteiger partial charge in [0.1, 0.15) is 0 Å². The molecular formula is C22H32N2O2. The van der Waals surface area contributed by atoms with E-state index in [4.69, 9.17) is 0 Å². The fraction of sp³-hybridized carbons (Fsp3) is 0.636. The Morgan fingerprint density at radius 1 is 1.19 bits per heavy atom. The average molecular weight is 357 g/mol. The van der Waals surface area contributed by atoms with Crippen LogP contribution in [-0.2, 0) is 4.79 Å². The van der Waals surface area contributed by atoms with Crippen LogP contribution in [0.15, 0.2) is 24.3 Å². The highest BCUT2D eigenvalue weighted by Gasteiger charge is 2.55. The number of benzene rings is 1. The van der Waals surface area contributed by atoms with E-state index in [0.29, 0.717) is 5.56 Å². The fourth-order valence-electron chi connectivity index (χ4n) is 4.97. The summed E-state index contributed by atoms with van der Waals surface area (Å²) in [6.07, 6.45) is 6.06. The quantitative estimate of drug-likeness (QED) is 0.877. The van der Waals surface area contributed by atoms with E-state index < -0.39 is 5.54 Å². The number of hydrogen-bond donors (Lipinski definition) is 1. The summed E-state index contributed by atoms with van der Waals surface area (Å²) in [6, 6.07) is 7.95. The van der Waals surface area contributed by atoms with Crippen molar-refractivity contribution in [1.82, 2.24) is 10.2 Å². The van der Waals surface area contributed by atoms with Gasteiger partial charge in [-0.25, -0.2) is 0 Å². The lowest BCUT2D eigenvalue weighted by Gasteiger charge is -2.55. The van der Waals surface area contributed by atoms with E-state index in [-0.39, 0.29) is 29.8 Å². The number of fused-ring (bicyclic) bond motifs is 1. The molecule has 0 radical (unpaired) electrons. The lowest BCUT2D eigenvalue weighted by Crippen LogP contribution is -2.65. The zero-order chi connectivity index (χ0) is 18.9. The van der Waals surface area contributed by atoms with E-state index in [1.807, 2.05) is 38.1 Å². The van der Waals surface area contributed by atoms with Crippen molar-refractivity contribution in [3.8, 4) is 0 Å². The van der Waals surface area contributed by atoms with Crippen molar-refractivity contribution in [1.29, 1.82) is 0 Å². The summed E-state index contributed by atoms with van der Waals surface area (Å²) in [5.41, 5.74) is 1.22. The molecule has 2 atom stereocenters. The minimum absolute atomic E-state index is 0.0650. The van der Waals surface area contributed by atoms with Gasteiger partial charge < -0.3 is 10.2 Å². The number of amides is 2. The molecule has 2 aliphatic rings. The summed E-state index contributed by atoms with van der Waals surface area (Å²) >= 11 is 0. The highest BCUT2D eigenvalue weighted by atomic mass is 16.2. The summed E-state index contributed by atoms with van der Waals surface area (Å²) in [4.78, 5) is 28.9. The van der Waals surface area contributed by atoms with Gasteiger partial charge in [0.25, 0.3) is 5.91 Å². The highest BCUT2D eigenvalue weighted by Crippen LogP contribution is 2.50. The van der Waals surface area contributed by atoms with Crippen LogP contribution in [0.2, 0.25) is 0 Å². The van der Waals surface area contributed by atoms with Crippen molar-refractivity contribution in [2.24, 2.45) is 0 Å². The first kappa shape index (κ1) is 18.9. The molecule has 142 valence electrons. The molecule has 1 heterocycles. The minimum atomic E-state index is -0.391. The normalized spacial score (nSPS) is 23.0. The Labute approximate surface area is 157 Å². The molecule has 26 heavy (non-hydrogen) atoms. The van der Waals surface area contributed by atoms with Crippen molar-refractivity contribution in [3.63, 3.8) is 0 Å². The van der Waals surface area contributed by atoms with Gasteiger partial charge in [0.15, 0.2) is 0 Å². The van der Waals surface area contributed by atoms with E-state index in [9.17, 15) is 9.59 Å². The topological polar surface area (TPSA) is 49.4 Å². The lowest BCUT2D eigenvalue weighted by atomic mass is 9.64. The maximum absolute atomic E-state index is 13.5. The number of rotatable bonds is 4. The number of nitrogens with zero attached hydrogens (tertiary/aromatic N) is 1. The van der Waals surface area contributed by atoms with Crippen LogP contribution < -0.4 is 5.32 Å². The summed E-state index contributed by atoms with van der Waals surface area (Å²) in [7, 11) is 0. The van der Waals surface area contributed by atoms with Gasteiger partial charge in [-0.15, -0.1) is 0 Å². The summed E-state index contributed by atoms with van der Waals surface area (Å²) in [5, 5.41) is 3.14. The molecule has 0 unspecified atom stereocenters.